The number of nitrogens with two attached hydrogens (primary N) is 1. The highest BCUT2D eigenvalue weighted by Crippen LogP contribution is 2.35. The Balaban J connectivity index is 2.63. The van der Waals surface area contributed by atoms with Gasteiger partial charge in [0.15, 0.2) is 0 Å². The molecule has 0 radical (unpaired) electrons. The summed E-state index contributed by atoms with van der Waals surface area (Å²) in [5.74, 6) is -0.558. The van der Waals surface area contributed by atoms with E-state index in [9.17, 15) is 25.0 Å². The lowest BCUT2D eigenvalue weighted by Gasteiger charge is -2.11. The van der Waals surface area contributed by atoms with E-state index < -0.39 is 27.1 Å². The van der Waals surface area contributed by atoms with Crippen molar-refractivity contribution >= 4 is 28.7 Å². The zero-order valence-corrected chi connectivity index (χ0v) is 12.4. The number of primary amides is 1. The molecular weight excluding hydrogens is 320 g/mol. The molecule has 0 heterocycles. The molecular formula is C14H12N4O6. The van der Waals surface area contributed by atoms with Gasteiger partial charge in [0.2, 0.25) is 0 Å². The zero-order chi connectivity index (χ0) is 17.9. The van der Waals surface area contributed by atoms with Gasteiger partial charge in [0.25, 0.3) is 17.3 Å². The highest BCUT2D eigenvalue weighted by Gasteiger charge is 2.26. The van der Waals surface area contributed by atoms with E-state index in [0.29, 0.717) is 11.4 Å². The normalized spacial score (nSPS) is 10.0. The highest BCUT2D eigenvalue weighted by molar-refractivity contribution is 6.02. The molecule has 0 aliphatic carbocycles. The molecule has 2 aromatic carbocycles. The number of benzene rings is 2. The summed E-state index contributed by atoms with van der Waals surface area (Å²) < 4.78 is 5.04. The number of nitro benzene ring substituents is 2. The van der Waals surface area contributed by atoms with Gasteiger partial charge in [0.05, 0.1) is 28.6 Å². The van der Waals surface area contributed by atoms with Crippen LogP contribution in [0.4, 0.5) is 22.7 Å². The maximum atomic E-state index is 11.6. The molecule has 0 saturated heterocycles. The minimum Gasteiger partial charge on any atom is -0.497 e. The number of ether oxygens (including phenoxy) is 1. The van der Waals surface area contributed by atoms with Crippen LogP contribution in [-0.2, 0) is 0 Å². The summed E-state index contributed by atoms with van der Waals surface area (Å²) in [7, 11) is 1.45. The lowest BCUT2D eigenvalue weighted by atomic mass is 10.1. The fourth-order valence-corrected chi connectivity index (χ4v) is 2.03. The number of amides is 1. The first-order valence-electron chi connectivity index (χ1n) is 6.51. The molecule has 0 fully saturated rings. The number of carbonyl (C=O) groups is 1. The van der Waals surface area contributed by atoms with Crippen molar-refractivity contribution in [2.75, 3.05) is 12.4 Å². The zero-order valence-electron chi connectivity index (χ0n) is 12.4. The van der Waals surface area contributed by atoms with Crippen LogP contribution in [0.5, 0.6) is 5.75 Å². The summed E-state index contributed by atoms with van der Waals surface area (Å²) >= 11 is 0. The van der Waals surface area contributed by atoms with E-state index in [1.165, 1.54) is 13.2 Å². The number of rotatable bonds is 6. The van der Waals surface area contributed by atoms with Crippen molar-refractivity contribution in [1.82, 2.24) is 0 Å². The number of nitrogens with one attached hydrogen (secondary N) is 1. The van der Waals surface area contributed by atoms with Crippen molar-refractivity contribution in [3.63, 3.8) is 0 Å². The largest absolute Gasteiger partial charge is 0.497 e. The molecule has 10 nitrogen and oxygen atoms in total. The minimum atomic E-state index is -1.04. The first kappa shape index (κ1) is 16.7. The highest BCUT2D eigenvalue weighted by atomic mass is 16.6. The Hall–Kier alpha value is -3.69. The summed E-state index contributed by atoms with van der Waals surface area (Å²) in [4.78, 5) is 32.1. The molecule has 10 heteroatoms. The fourth-order valence-electron chi connectivity index (χ4n) is 2.03. The summed E-state index contributed by atoms with van der Waals surface area (Å²) in [5.41, 5.74) is 3.76. The number of methoxy groups -OCH3 is 1. The topological polar surface area (TPSA) is 151 Å². The monoisotopic (exact) mass is 332 g/mol. The Morgan fingerprint density at radius 3 is 2.42 bits per heavy atom. The molecule has 0 bridgehead atoms. The molecule has 0 aromatic heterocycles. The first-order chi connectivity index (χ1) is 11.3. The second-order valence-electron chi connectivity index (χ2n) is 4.62. The van der Waals surface area contributed by atoms with Crippen LogP contribution >= 0.6 is 0 Å². The average molecular weight is 332 g/mol. The standard InChI is InChI=1S/C14H12N4O6/c1-24-10-4-2-3-8(5-10)16-13-11(14(15)19)6-9(17(20)21)7-12(13)18(22)23/h2-7,16H,1H3,(H2,15,19). The molecule has 0 atom stereocenters. The van der Waals surface area contributed by atoms with Gasteiger partial charge in [-0.15, -0.1) is 0 Å². The Morgan fingerprint density at radius 2 is 1.88 bits per heavy atom. The maximum Gasteiger partial charge on any atom is 0.300 e. The van der Waals surface area contributed by atoms with Crippen LogP contribution in [0.1, 0.15) is 10.4 Å². The van der Waals surface area contributed by atoms with Crippen LogP contribution in [0.25, 0.3) is 0 Å². The third-order valence-electron chi connectivity index (χ3n) is 3.11. The predicted octanol–water partition coefficient (Wildman–Crippen LogP) is 2.35. The quantitative estimate of drug-likeness (QED) is 0.608. The van der Waals surface area contributed by atoms with Gasteiger partial charge in [-0.2, -0.15) is 0 Å². The molecule has 0 aliphatic rings. The van der Waals surface area contributed by atoms with Crippen molar-refractivity contribution in [1.29, 1.82) is 0 Å². The number of non-ortho nitro benzene ring substituents is 1. The van der Waals surface area contributed by atoms with E-state index in [1.807, 2.05) is 0 Å². The Bertz CT molecular complexity index is 801. The van der Waals surface area contributed by atoms with Crippen molar-refractivity contribution < 1.29 is 19.4 Å². The third kappa shape index (κ3) is 3.38. The molecule has 2 rings (SSSR count). The van der Waals surface area contributed by atoms with E-state index in [4.69, 9.17) is 10.5 Å². The SMILES string of the molecule is COc1cccc(Nc2c(C(N)=O)cc([N+](=O)[O-])cc2[N+](=O)[O-])c1. The molecule has 0 saturated carbocycles. The van der Waals surface area contributed by atoms with Crippen molar-refractivity contribution in [2.24, 2.45) is 5.73 Å². The molecule has 0 aliphatic heterocycles. The van der Waals surface area contributed by atoms with E-state index >= 15 is 0 Å². The lowest BCUT2D eigenvalue weighted by molar-refractivity contribution is -0.393. The van der Waals surface area contributed by atoms with E-state index in [2.05, 4.69) is 5.32 Å². The van der Waals surface area contributed by atoms with Crippen molar-refractivity contribution in [3.8, 4) is 5.75 Å². The third-order valence-corrected chi connectivity index (χ3v) is 3.11. The molecule has 24 heavy (non-hydrogen) atoms. The molecule has 1 amide bonds. The van der Waals surface area contributed by atoms with Crippen LogP contribution in [-0.4, -0.2) is 22.9 Å². The summed E-state index contributed by atoms with van der Waals surface area (Å²) in [6.45, 7) is 0. The number of hydrogen-bond donors (Lipinski definition) is 2. The van der Waals surface area contributed by atoms with Crippen molar-refractivity contribution in [3.05, 3.63) is 62.2 Å². The molecule has 0 unspecified atom stereocenters. The summed E-state index contributed by atoms with van der Waals surface area (Å²) in [6, 6.07) is 8.05. The Kier molecular flexibility index (Phi) is 4.59. The second kappa shape index (κ2) is 6.60. The number of nitrogens with zero attached hydrogens (tertiary/aromatic N) is 2. The van der Waals surface area contributed by atoms with E-state index in [0.717, 1.165) is 12.1 Å². The van der Waals surface area contributed by atoms with Crippen LogP contribution in [0.2, 0.25) is 0 Å². The van der Waals surface area contributed by atoms with E-state index in [1.54, 1.807) is 18.2 Å². The summed E-state index contributed by atoms with van der Waals surface area (Å²) in [6.07, 6.45) is 0. The number of hydrogen-bond acceptors (Lipinski definition) is 7. The first-order valence-corrected chi connectivity index (χ1v) is 6.51. The molecule has 124 valence electrons. The van der Waals surface area contributed by atoms with Gasteiger partial charge in [-0.25, -0.2) is 0 Å². The van der Waals surface area contributed by atoms with Gasteiger partial charge in [0.1, 0.15) is 11.4 Å². The Morgan fingerprint density at radius 1 is 1.17 bits per heavy atom. The van der Waals surface area contributed by atoms with Gasteiger partial charge < -0.3 is 15.8 Å². The number of anilines is 2. The van der Waals surface area contributed by atoms with Crippen LogP contribution < -0.4 is 15.8 Å². The molecule has 3 N–H and O–H groups in total. The Labute approximate surface area is 135 Å². The van der Waals surface area contributed by atoms with E-state index in [-0.39, 0.29) is 11.3 Å². The van der Waals surface area contributed by atoms with Gasteiger partial charge in [-0.05, 0) is 12.1 Å². The van der Waals surface area contributed by atoms with Crippen LogP contribution in [0.15, 0.2) is 36.4 Å². The number of carbonyl (C=O) groups excluding carboxylic acids is 1. The molecule has 2 aromatic rings. The second-order valence-corrected chi connectivity index (χ2v) is 4.62. The minimum absolute atomic E-state index is 0.230. The maximum absolute atomic E-state index is 11.6. The number of nitro groups is 2. The van der Waals surface area contributed by atoms with Gasteiger partial charge in [-0.3, -0.25) is 25.0 Å². The molecule has 0 spiro atoms. The predicted molar refractivity (Wildman–Crippen MR) is 84.5 cm³/mol. The average Bonchev–Trinajstić information content (AvgIpc) is 2.54. The van der Waals surface area contributed by atoms with Crippen LogP contribution in [0.3, 0.4) is 0 Å². The van der Waals surface area contributed by atoms with Crippen LogP contribution in [0, 0.1) is 20.2 Å². The lowest BCUT2D eigenvalue weighted by Crippen LogP contribution is -2.15. The van der Waals surface area contributed by atoms with Gasteiger partial charge in [0, 0.05) is 17.8 Å². The van der Waals surface area contributed by atoms with Gasteiger partial charge >= 0.3 is 0 Å². The fraction of sp³-hybridized carbons (Fsp3) is 0.0714. The van der Waals surface area contributed by atoms with Gasteiger partial charge in [-0.1, -0.05) is 6.07 Å². The van der Waals surface area contributed by atoms with Crippen molar-refractivity contribution in [2.45, 2.75) is 0 Å². The summed E-state index contributed by atoms with van der Waals surface area (Å²) in [5, 5.41) is 24.8. The smallest absolute Gasteiger partial charge is 0.300 e.